The Hall–Kier alpha value is -1.03. The zero-order valence-corrected chi connectivity index (χ0v) is 6.56. The average Bonchev–Trinajstić information content (AvgIpc) is 2.40. The number of aromatic amines is 1. The van der Waals surface area contributed by atoms with Crippen LogP contribution < -0.4 is 5.32 Å². The number of aromatic nitrogens is 2. The van der Waals surface area contributed by atoms with Gasteiger partial charge in [-0.3, -0.25) is 9.89 Å². The summed E-state index contributed by atoms with van der Waals surface area (Å²) in [6, 6.07) is 1.67. The highest BCUT2D eigenvalue weighted by Crippen LogP contribution is 1.99. The number of anilines is 1. The number of rotatable bonds is 3. The van der Waals surface area contributed by atoms with Crippen molar-refractivity contribution in [1.29, 1.82) is 0 Å². The van der Waals surface area contributed by atoms with E-state index in [0.29, 0.717) is 18.1 Å². The van der Waals surface area contributed by atoms with E-state index in [-0.39, 0.29) is 5.91 Å². The molecule has 4 nitrogen and oxygen atoms in total. The van der Waals surface area contributed by atoms with Gasteiger partial charge < -0.3 is 5.32 Å². The van der Waals surface area contributed by atoms with Crippen molar-refractivity contribution >= 4 is 23.3 Å². The maximum atomic E-state index is 10.9. The predicted molar refractivity (Wildman–Crippen MR) is 42.6 cm³/mol. The molecule has 5 heteroatoms. The summed E-state index contributed by atoms with van der Waals surface area (Å²) >= 11 is 5.35. The quantitative estimate of drug-likeness (QED) is 0.670. The van der Waals surface area contributed by atoms with Crippen molar-refractivity contribution in [3.05, 3.63) is 12.3 Å². The number of H-pyrrole nitrogens is 1. The van der Waals surface area contributed by atoms with Crippen LogP contribution in [-0.4, -0.2) is 22.0 Å². The van der Waals surface area contributed by atoms with Crippen molar-refractivity contribution in [2.75, 3.05) is 11.2 Å². The molecule has 0 fully saturated rings. The van der Waals surface area contributed by atoms with Crippen LogP contribution in [0.3, 0.4) is 0 Å². The summed E-state index contributed by atoms with van der Waals surface area (Å²) in [5, 5.41) is 8.85. The first-order valence-corrected chi connectivity index (χ1v) is 3.71. The van der Waals surface area contributed by atoms with E-state index in [0.717, 1.165) is 0 Å². The van der Waals surface area contributed by atoms with Crippen LogP contribution in [0.15, 0.2) is 12.3 Å². The minimum absolute atomic E-state index is 0.107. The molecule has 2 N–H and O–H groups in total. The van der Waals surface area contributed by atoms with Gasteiger partial charge in [0, 0.05) is 18.4 Å². The van der Waals surface area contributed by atoms with Gasteiger partial charge in [0.1, 0.15) is 5.82 Å². The van der Waals surface area contributed by atoms with Crippen molar-refractivity contribution in [3.8, 4) is 0 Å². The molecule has 60 valence electrons. The molecule has 1 amide bonds. The number of nitrogens with zero attached hydrogens (tertiary/aromatic N) is 1. The Labute approximate surface area is 68.9 Å². The van der Waals surface area contributed by atoms with E-state index in [1.54, 1.807) is 12.3 Å². The van der Waals surface area contributed by atoms with E-state index in [9.17, 15) is 4.79 Å². The minimum Gasteiger partial charge on any atom is -0.311 e. The number of alkyl halides is 1. The molecular formula is C6H8ClN3O. The summed E-state index contributed by atoms with van der Waals surface area (Å²) in [4.78, 5) is 10.9. The van der Waals surface area contributed by atoms with E-state index in [4.69, 9.17) is 11.6 Å². The Morgan fingerprint density at radius 3 is 3.18 bits per heavy atom. The fourth-order valence-corrected chi connectivity index (χ4v) is 0.796. The number of hydrogen-bond acceptors (Lipinski definition) is 2. The van der Waals surface area contributed by atoms with Gasteiger partial charge in [0.2, 0.25) is 5.91 Å². The Balaban J connectivity index is 2.37. The highest BCUT2D eigenvalue weighted by Gasteiger charge is 2.00. The average molecular weight is 174 g/mol. The molecule has 1 aromatic heterocycles. The van der Waals surface area contributed by atoms with Crippen LogP contribution in [0.2, 0.25) is 0 Å². The normalized spacial score (nSPS) is 9.55. The second kappa shape index (κ2) is 3.98. The van der Waals surface area contributed by atoms with E-state index >= 15 is 0 Å². The molecular weight excluding hydrogens is 166 g/mol. The Kier molecular flexibility index (Phi) is 2.92. The van der Waals surface area contributed by atoms with Crippen LogP contribution in [0.1, 0.15) is 6.42 Å². The monoisotopic (exact) mass is 173 g/mol. The van der Waals surface area contributed by atoms with Crippen LogP contribution in [0.4, 0.5) is 5.82 Å². The highest BCUT2D eigenvalue weighted by atomic mass is 35.5. The second-order valence-corrected chi connectivity index (χ2v) is 2.34. The third-order valence-electron chi connectivity index (χ3n) is 1.10. The smallest absolute Gasteiger partial charge is 0.226 e. The first kappa shape index (κ1) is 8.07. The molecule has 0 aromatic carbocycles. The molecule has 0 bridgehead atoms. The first-order chi connectivity index (χ1) is 5.33. The minimum atomic E-state index is -0.107. The number of amides is 1. The largest absolute Gasteiger partial charge is 0.311 e. The lowest BCUT2D eigenvalue weighted by Crippen LogP contribution is -2.11. The summed E-state index contributed by atoms with van der Waals surface area (Å²) in [6.07, 6.45) is 1.89. The molecule has 1 heterocycles. The Morgan fingerprint density at radius 2 is 2.64 bits per heavy atom. The first-order valence-electron chi connectivity index (χ1n) is 3.18. The maximum absolute atomic E-state index is 10.9. The molecule has 0 atom stereocenters. The number of nitrogens with one attached hydrogen (secondary N) is 2. The molecule has 0 saturated carbocycles. The molecule has 11 heavy (non-hydrogen) atoms. The zero-order chi connectivity index (χ0) is 8.10. The molecule has 1 aromatic rings. The summed E-state index contributed by atoms with van der Waals surface area (Å²) in [6.45, 7) is 0. The third-order valence-corrected chi connectivity index (χ3v) is 1.29. The van der Waals surface area contributed by atoms with Gasteiger partial charge >= 0.3 is 0 Å². The molecule has 0 aliphatic carbocycles. The van der Waals surface area contributed by atoms with E-state index in [1.165, 1.54) is 0 Å². The van der Waals surface area contributed by atoms with E-state index in [1.807, 2.05) is 0 Å². The van der Waals surface area contributed by atoms with Gasteiger partial charge in [-0.25, -0.2) is 0 Å². The summed E-state index contributed by atoms with van der Waals surface area (Å²) < 4.78 is 0. The third kappa shape index (κ3) is 2.59. The van der Waals surface area contributed by atoms with Gasteiger partial charge in [0.25, 0.3) is 0 Å². The van der Waals surface area contributed by atoms with Gasteiger partial charge in [-0.05, 0) is 0 Å². The fraction of sp³-hybridized carbons (Fsp3) is 0.333. The molecule has 0 aliphatic heterocycles. The maximum Gasteiger partial charge on any atom is 0.226 e. The van der Waals surface area contributed by atoms with Gasteiger partial charge in [-0.2, -0.15) is 5.10 Å². The summed E-state index contributed by atoms with van der Waals surface area (Å²) in [5.41, 5.74) is 0. The summed E-state index contributed by atoms with van der Waals surface area (Å²) in [7, 11) is 0. The van der Waals surface area contributed by atoms with E-state index < -0.39 is 0 Å². The molecule has 0 spiro atoms. The molecule has 0 radical (unpaired) electrons. The van der Waals surface area contributed by atoms with Crippen molar-refractivity contribution < 1.29 is 4.79 Å². The standard InChI is InChI=1S/C6H8ClN3O/c7-3-1-6(11)9-5-2-4-8-10-5/h2,4H,1,3H2,(H2,8,9,10,11). The van der Waals surface area contributed by atoms with Crippen molar-refractivity contribution in [1.82, 2.24) is 10.2 Å². The van der Waals surface area contributed by atoms with Crippen LogP contribution in [0.5, 0.6) is 0 Å². The van der Waals surface area contributed by atoms with Crippen molar-refractivity contribution in [2.45, 2.75) is 6.42 Å². The van der Waals surface area contributed by atoms with E-state index in [2.05, 4.69) is 15.5 Å². The van der Waals surface area contributed by atoms with Gasteiger partial charge in [0.05, 0.1) is 6.20 Å². The summed E-state index contributed by atoms with van der Waals surface area (Å²) in [5.74, 6) is 0.823. The fourth-order valence-electron chi connectivity index (χ4n) is 0.624. The topological polar surface area (TPSA) is 57.8 Å². The molecule has 0 aliphatic rings. The van der Waals surface area contributed by atoms with Gasteiger partial charge in [-0.15, -0.1) is 11.6 Å². The van der Waals surface area contributed by atoms with Crippen molar-refractivity contribution in [2.24, 2.45) is 0 Å². The Morgan fingerprint density at radius 1 is 1.82 bits per heavy atom. The zero-order valence-electron chi connectivity index (χ0n) is 5.80. The number of carbonyl (C=O) groups excluding carboxylic acids is 1. The lowest BCUT2D eigenvalue weighted by atomic mass is 10.4. The van der Waals surface area contributed by atoms with Crippen LogP contribution in [0, 0.1) is 0 Å². The van der Waals surface area contributed by atoms with Gasteiger partial charge in [-0.1, -0.05) is 0 Å². The van der Waals surface area contributed by atoms with Crippen LogP contribution in [-0.2, 0) is 4.79 Å². The van der Waals surface area contributed by atoms with Crippen molar-refractivity contribution in [3.63, 3.8) is 0 Å². The van der Waals surface area contributed by atoms with Crippen LogP contribution >= 0.6 is 11.6 Å². The predicted octanol–water partition coefficient (Wildman–Crippen LogP) is 0.977. The molecule has 1 rings (SSSR count). The Bertz CT molecular complexity index is 222. The van der Waals surface area contributed by atoms with Gasteiger partial charge in [0.15, 0.2) is 0 Å². The lowest BCUT2D eigenvalue weighted by Gasteiger charge is -1.97. The second-order valence-electron chi connectivity index (χ2n) is 1.96. The highest BCUT2D eigenvalue weighted by molar-refractivity contribution is 6.19. The number of halogens is 1. The number of carbonyl (C=O) groups is 1. The molecule has 0 saturated heterocycles. The molecule has 0 unspecified atom stereocenters. The lowest BCUT2D eigenvalue weighted by molar-refractivity contribution is -0.115. The SMILES string of the molecule is O=C(CCCl)Nc1ccn[nH]1. The van der Waals surface area contributed by atoms with Crippen LogP contribution in [0.25, 0.3) is 0 Å². The number of hydrogen-bond donors (Lipinski definition) is 2.